The molecule has 1 atom stereocenters. The van der Waals surface area contributed by atoms with Crippen LogP contribution >= 0.6 is 12.4 Å². The van der Waals surface area contributed by atoms with E-state index in [0.717, 1.165) is 26.1 Å². The number of halogens is 1. The number of sulfonamides is 1. The first kappa shape index (κ1) is 26.4. The number of nitrogens with zero attached hydrogens (tertiary/aromatic N) is 2. The first-order valence-corrected chi connectivity index (χ1v) is 13.3. The minimum atomic E-state index is -3.50. The second kappa shape index (κ2) is 12.5. The minimum Gasteiger partial charge on any atom is -0.303 e. The summed E-state index contributed by atoms with van der Waals surface area (Å²) in [5.41, 5.74) is 2.65. The summed E-state index contributed by atoms with van der Waals surface area (Å²) in [4.78, 5) is 2.89. The van der Waals surface area contributed by atoms with Crippen molar-refractivity contribution in [3.05, 3.63) is 102 Å². The second-order valence-electron chi connectivity index (χ2n) is 9.02. The van der Waals surface area contributed by atoms with Gasteiger partial charge >= 0.3 is 0 Å². The van der Waals surface area contributed by atoms with E-state index in [9.17, 15) is 8.42 Å². The number of benzene rings is 3. The maximum Gasteiger partial charge on any atom is 0.242 e. The lowest BCUT2D eigenvalue weighted by Crippen LogP contribution is -2.36. The van der Waals surface area contributed by atoms with Crippen LogP contribution in [-0.4, -0.2) is 50.8 Å². The summed E-state index contributed by atoms with van der Waals surface area (Å²) in [6, 6.07) is 29.9. The Morgan fingerprint density at radius 1 is 0.853 bits per heavy atom. The highest BCUT2D eigenvalue weighted by molar-refractivity contribution is 7.89. The van der Waals surface area contributed by atoms with E-state index in [4.69, 9.17) is 0 Å². The summed E-state index contributed by atoms with van der Waals surface area (Å²) >= 11 is 0. The van der Waals surface area contributed by atoms with Crippen LogP contribution in [-0.2, 0) is 10.0 Å². The van der Waals surface area contributed by atoms with Gasteiger partial charge in [0.2, 0.25) is 10.0 Å². The van der Waals surface area contributed by atoms with Crippen LogP contribution in [0.1, 0.15) is 42.2 Å². The molecular weight excluding hydrogens is 464 g/mol. The molecule has 0 aliphatic carbocycles. The van der Waals surface area contributed by atoms with E-state index < -0.39 is 10.0 Å². The molecule has 0 N–H and O–H groups in total. The van der Waals surface area contributed by atoms with Crippen molar-refractivity contribution < 1.29 is 8.42 Å². The Hall–Kier alpha value is -2.18. The summed E-state index contributed by atoms with van der Waals surface area (Å²) in [5.74, 6) is 0.802. The average molecular weight is 499 g/mol. The fraction of sp³-hybridized carbons (Fsp3) is 0.357. The highest BCUT2D eigenvalue weighted by atomic mass is 35.5. The topological polar surface area (TPSA) is 40.6 Å². The van der Waals surface area contributed by atoms with Crippen molar-refractivity contribution in [1.82, 2.24) is 9.21 Å². The van der Waals surface area contributed by atoms with E-state index in [1.807, 2.05) is 24.3 Å². The Bertz CT molecular complexity index is 1090. The van der Waals surface area contributed by atoms with E-state index in [2.05, 4.69) is 47.4 Å². The number of likely N-dealkylation sites (tertiary alicyclic amines) is 1. The van der Waals surface area contributed by atoms with Crippen LogP contribution < -0.4 is 0 Å². The molecule has 0 radical (unpaired) electrons. The Kier molecular flexibility index (Phi) is 9.72. The van der Waals surface area contributed by atoms with Gasteiger partial charge in [-0.05, 0) is 74.0 Å². The van der Waals surface area contributed by atoms with Gasteiger partial charge in [0.1, 0.15) is 0 Å². The van der Waals surface area contributed by atoms with Crippen molar-refractivity contribution in [1.29, 1.82) is 0 Å². The van der Waals surface area contributed by atoms with Gasteiger partial charge in [0.05, 0.1) is 4.90 Å². The fourth-order valence-corrected chi connectivity index (χ4v) is 6.06. The van der Waals surface area contributed by atoms with Gasteiger partial charge in [-0.3, -0.25) is 0 Å². The fourth-order valence-electron chi connectivity index (χ4n) is 4.82. The van der Waals surface area contributed by atoms with Crippen LogP contribution in [0.3, 0.4) is 0 Å². The highest BCUT2D eigenvalue weighted by Gasteiger charge is 2.26. The minimum absolute atomic E-state index is 0. The molecule has 3 aromatic rings. The monoisotopic (exact) mass is 498 g/mol. The number of hydrogen-bond donors (Lipinski definition) is 0. The predicted molar refractivity (Wildman–Crippen MR) is 142 cm³/mol. The molecule has 1 aliphatic heterocycles. The van der Waals surface area contributed by atoms with E-state index in [1.165, 1.54) is 28.3 Å². The third-order valence-electron chi connectivity index (χ3n) is 6.85. The third-order valence-corrected chi connectivity index (χ3v) is 8.69. The molecule has 3 aromatic carbocycles. The van der Waals surface area contributed by atoms with Crippen LogP contribution in [0.5, 0.6) is 0 Å². The summed E-state index contributed by atoms with van der Waals surface area (Å²) in [7, 11) is -1.81. The largest absolute Gasteiger partial charge is 0.303 e. The van der Waals surface area contributed by atoms with Crippen molar-refractivity contribution in [2.24, 2.45) is 0 Å². The molecular formula is C28H35ClN2O2S. The quantitative estimate of drug-likeness (QED) is 0.375. The van der Waals surface area contributed by atoms with Gasteiger partial charge in [-0.1, -0.05) is 78.9 Å². The zero-order valence-corrected chi connectivity index (χ0v) is 21.4. The first-order valence-electron chi connectivity index (χ1n) is 11.9. The molecule has 34 heavy (non-hydrogen) atoms. The summed E-state index contributed by atoms with van der Waals surface area (Å²) < 4.78 is 27.7. The lowest BCUT2D eigenvalue weighted by molar-refractivity contribution is 0.203. The van der Waals surface area contributed by atoms with E-state index in [1.54, 1.807) is 31.3 Å². The average Bonchev–Trinajstić information content (AvgIpc) is 2.88. The van der Waals surface area contributed by atoms with Gasteiger partial charge in [-0.25, -0.2) is 12.7 Å². The Morgan fingerprint density at radius 3 is 1.97 bits per heavy atom. The molecule has 0 aromatic heterocycles. The van der Waals surface area contributed by atoms with Gasteiger partial charge in [0.25, 0.3) is 0 Å². The molecule has 0 amide bonds. The molecule has 6 heteroatoms. The van der Waals surface area contributed by atoms with Crippen LogP contribution in [0.4, 0.5) is 0 Å². The molecule has 1 fully saturated rings. The summed E-state index contributed by atoms with van der Waals surface area (Å²) in [6.45, 7) is 3.65. The maximum atomic E-state index is 13.1. The van der Waals surface area contributed by atoms with E-state index in [0.29, 0.717) is 17.4 Å². The maximum absolute atomic E-state index is 13.1. The number of likely N-dealkylation sites (N-methyl/N-ethyl adjacent to an activating group) is 1. The zero-order valence-electron chi connectivity index (χ0n) is 19.8. The number of piperidine rings is 1. The Morgan fingerprint density at radius 2 is 1.38 bits per heavy atom. The molecule has 4 rings (SSSR count). The van der Waals surface area contributed by atoms with Crippen molar-refractivity contribution in [2.45, 2.75) is 36.0 Å². The summed E-state index contributed by atoms with van der Waals surface area (Å²) in [6.07, 6.45) is 3.30. The zero-order chi connectivity index (χ0) is 23.1. The van der Waals surface area contributed by atoms with Gasteiger partial charge in [-0.15, -0.1) is 12.4 Å². The Balaban J connectivity index is 0.00000324. The van der Waals surface area contributed by atoms with E-state index in [-0.39, 0.29) is 18.3 Å². The lowest BCUT2D eigenvalue weighted by Gasteiger charge is -2.33. The van der Waals surface area contributed by atoms with Crippen molar-refractivity contribution in [2.75, 3.05) is 33.2 Å². The molecule has 0 unspecified atom stereocenters. The molecule has 1 aliphatic rings. The predicted octanol–water partition coefficient (Wildman–Crippen LogP) is 5.78. The number of rotatable bonds is 9. The first-order chi connectivity index (χ1) is 16.0. The Labute approximate surface area is 211 Å². The van der Waals surface area contributed by atoms with Gasteiger partial charge in [0.15, 0.2) is 0 Å². The molecule has 0 bridgehead atoms. The SMILES string of the molecule is CN(C[C@H](CCN1CCC(c2ccccc2)CC1)c1ccccc1)S(=O)(=O)c1ccccc1.Cl. The van der Waals surface area contributed by atoms with Crippen LogP contribution in [0.25, 0.3) is 0 Å². The second-order valence-corrected chi connectivity index (χ2v) is 11.1. The molecule has 4 nitrogen and oxygen atoms in total. The number of hydrogen-bond acceptors (Lipinski definition) is 3. The summed E-state index contributed by atoms with van der Waals surface area (Å²) in [5, 5.41) is 0. The van der Waals surface area contributed by atoms with Gasteiger partial charge in [0, 0.05) is 13.6 Å². The van der Waals surface area contributed by atoms with E-state index >= 15 is 0 Å². The molecule has 1 saturated heterocycles. The molecule has 1 heterocycles. The molecule has 0 spiro atoms. The normalized spacial score (nSPS) is 16.2. The van der Waals surface area contributed by atoms with Crippen molar-refractivity contribution in [3.63, 3.8) is 0 Å². The van der Waals surface area contributed by atoms with Gasteiger partial charge in [-0.2, -0.15) is 0 Å². The highest BCUT2D eigenvalue weighted by Crippen LogP contribution is 2.29. The van der Waals surface area contributed by atoms with Crippen LogP contribution in [0.15, 0.2) is 95.9 Å². The third kappa shape index (κ3) is 6.70. The van der Waals surface area contributed by atoms with Crippen molar-refractivity contribution in [3.8, 4) is 0 Å². The standard InChI is InChI=1S/C28H34N2O2S.ClH/c1-29(33(31,32)28-15-9-4-10-16-28)23-27(25-13-7-3-8-14-25)19-22-30-20-17-26(18-21-30)24-11-5-2-6-12-24;/h2-16,26-27H,17-23H2,1H3;1H/t27-;/m0./s1. The van der Waals surface area contributed by atoms with Gasteiger partial charge < -0.3 is 4.90 Å². The van der Waals surface area contributed by atoms with Crippen LogP contribution in [0.2, 0.25) is 0 Å². The lowest BCUT2D eigenvalue weighted by atomic mass is 9.89. The van der Waals surface area contributed by atoms with Crippen LogP contribution in [0, 0.1) is 0 Å². The smallest absolute Gasteiger partial charge is 0.242 e. The van der Waals surface area contributed by atoms with Crippen molar-refractivity contribution >= 4 is 22.4 Å². The molecule has 182 valence electrons. The molecule has 0 saturated carbocycles.